The number of anilines is 2. The van der Waals surface area contributed by atoms with Crippen LogP contribution in [0.25, 0.3) is 33.2 Å². The fourth-order valence-electron chi connectivity index (χ4n) is 7.58. The van der Waals surface area contributed by atoms with E-state index in [1.54, 1.807) is 9.80 Å². The first-order chi connectivity index (χ1) is 25.4. The number of nitrogens with one attached hydrogen (secondary N) is 4. The molecule has 10 heteroatoms. The van der Waals surface area contributed by atoms with E-state index in [2.05, 4.69) is 20.6 Å². The van der Waals surface area contributed by atoms with Gasteiger partial charge < -0.3 is 30.4 Å². The van der Waals surface area contributed by atoms with Gasteiger partial charge in [-0.25, -0.2) is 0 Å². The highest BCUT2D eigenvalue weighted by Crippen LogP contribution is 2.31. The van der Waals surface area contributed by atoms with Gasteiger partial charge in [0, 0.05) is 46.3 Å². The molecule has 2 aliphatic rings. The summed E-state index contributed by atoms with van der Waals surface area (Å²) in [5.74, 6) is -0.415. The summed E-state index contributed by atoms with van der Waals surface area (Å²) in [6.45, 7) is 1.16. The van der Waals surface area contributed by atoms with Crippen molar-refractivity contribution in [3.05, 3.63) is 120 Å². The lowest BCUT2D eigenvalue weighted by molar-refractivity contribution is -0.136. The maximum atomic E-state index is 13.4. The average molecular weight is 693 g/mol. The molecule has 2 fully saturated rings. The predicted molar refractivity (Wildman–Crippen MR) is 203 cm³/mol. The fraction of sp³-hybridized carbons (Fsp3) is 0.238. The smallest absolute Gasteiger partial charge is 0.247 e. The Hall–Kier alpha value is -6.16. The Labute approximate surface area is 301 Å². The first-order valence-electron chi connectivity index (χ1n) is 17.9. The topological polar surface area (TPSA) is 130 Å². The van der Waals surface area contributed by atoms with E-state index in [0.717, 1.165) is 57.2 Å². The van der Waals surface area contributed by atoms with Crippen molar-refractivity contribution < 1.29 is 19.2 Å². The third-order valence-electron chi connectivity index (χ3n) is 10.2. The Morgan fingerprint density at radius 1 is 0.558 bits per heavy atom. The molecule has 0 spiro atoms. The lowest BCUT2D eigenvalue weighted by Crippen LogP contribution is -2.43. The van der Waals surface area contributed by atoms with Crippen molar-refractivity contribution in [3.63, 3.8) is 0 Å². The molecule has 262 valence electrons. The molecular weight excluding hydrogens is 652 g/mol. The Balaban J connectivity index is 0.923. The van der Waals surface area contributed by atoms with Crippen LogP contribution < -0.4 is 10.6 Å². The summed E-state index contributed by atoms with van der Waals surface area (Å²) in [5, 5.41) is 7.96. The minimum Gasteiger partial charge on any atom is -0.353 e. The number of carbonyl (C=O) groups excluding carboxylic acids is 4. The molecule has 0 aliphatic carbocycles. The number of rotatable bonds is 9. The Morgan fingerprint density at radius 2 is 0.981 bits per heavy atom. The van der Waals surface area contributed by atoms with Gasteiger partial charge in [-0.1, -0.05) is 60.7 Å². The van der Waals surface area contributed by atoms with Crippen LogP contribution in [0.5, 0.6) is 0 Å². The second kappa shape index (κ2) is 14.2. The molecule has 4 heterocycles. The van der Waals surface area contributed by atoms with Crippen LogP contribution in [0.3, 0.4) is 0 Å². The number of carbonyl (C=O) groups is 4. The summed E-state index contributed by atoms with van der Waals surface area (Å²) in [6, 6.07) is 33.8. The van der Waals surface area contributed by atoms with E-state index in [9.17, 15) is 19.2 Å². The molecule has 2 atom stereocenters. The SMILES string of the molecule is O=C(Nc1ccc2[nH]c(-c3cc4cc(NC(=O)[C@@H]5CCCN5C(=O)Cc5ccccc5)ccc4[nH]3)cc2c1)C1CCCN1C(=O)Cc1ccccc1. The van der Waals surface area contributed by atoms with Gasteiger partial charge in [-0.3, -0.25) is 19.2 Å². The fourth-order valence-corrected chi connectivity index (χ4v) is 7.58. The van der Waals surface area contributed by atoms with Crippen LogP contribution in [-0.2, 0) is 32.0 Å². The first kappa shape index (κ1) is 33.0. The Kier molecular flexibility index (Phi) is 9.03. The number of amides is 4. The number of aromatic amines is 2. The summed E-state index contributed by atoms with van der Waals surface area (Å²) < 4.78 is 0. The lowest BCUT2D eigenvalue weighted by atomic mass is 10.1. The molecule has 0 radical (unpaired) electrons. The van der Waals surface area contributed by atoms with Crippen LogP contribution in [0.15, 0.2) is 109 Å². The molecule has 8 rings (SSSR count). The average Bonchev–Trinajstić information content (AvgIpc) is 3.98. The molecular formula is C42H40N6O4. The minimum atomic E-state index is -0.492. The van der Waals surface area contributed by atoms with E-state index >= 15 is 0 Å². The van der Waals surface area contributed by atoms with Crippen LogP contribution in [-0.4, -0.2) is 68.6 Å². The first-order valence-corrected chi connectivity index (χ1v) is 17.9. The summed E-state index contributed by atoms with van der Waals surface area (Å²) in [5.41, 5.74) is 6.82. The molecule has 0 bridgehead atoms. The monoisotopic (exact) mass is 692 g/mol. The van der Waals surface area contributed by atoms with Gasteiger partial charge >= 0.3 is 0 Å². The number of benzene rings is 4. The van der Waals surface area contributed by atoms with Crippen LogP contribution in [0.4, 0.5) is 11.4 Å². The van der Waals surface area contributed by atoms with Crippen LogP contribution in [0.1, 0.15) is 36.8 Å². The zero-order chi connectivity index (χ0) is 35.6. The predicted octanol–water partition coefficient (Wildman–Crippen LogP) is 6.66. The molecule has 10 nitrogen and oxygen atoms in total. The van der Waals surface area contributed by atoms with Crippen molar-refractivity contribution in [2.45, 2.75) is 50.6 Å². The van der Waals surface area contributed by atoms with Gasteiger partial charge in [0.25, 0.3) is 0 Å². The molecule has 1 unspecified atom stereocenters. The van der Waals surface area contributed by atoms with Crippen molar-refractivity contribution in [1.29, 1.82) is 0 Å². The number of fused-ring (bicyclic) bond motifs is 2. The lowest BCUT2D eigenvalue weighted by Gasteiger charge is -2.24. The standard InChI is InChI=1S/C42H40N6O4/c49-39(21-27-9-3-1-4-10-27)47-19-7-13-37(47)41(51)43-31-15-17-33-29(23-31)25-35(45-33)36-26-30-24-32(16-18-34(30)46-36)44-42(52)38-14-8-20-48(38)40(50)22-28-11-5-2-6-12-28/h1-6,9-12,15-18,23-26,37-38,45-46H,7-8,13-14,19-22H2,(H,43,51)(H,44,52)/t37-,38?/m0/s1. The summed E-state index contributed by atoms with van der Waals surface area (Å²) in [7, 11) is 0. The van der Waals surface area contributed by atoms with Gasteiger partial charge in [-0.05, 0) is 85.3 Å². The summed E-state index contributed by atoms with van der Waals surface area (Å²) >= 11 is 0. The summed E-state index contributed by atoms with van der Waals surface area (Å²) in [6.07, 6.45) is 3.44. The Morgan fingerprint density at radius 3 is 1.40 bits per heavy atom. The molecule has 52 heavy (non-hydrogen) atoms. The van der Waals surface area contributed by atoms with Gasteiger partial charge in [0.05, 0.1) is 24.2 Å². The van der Waals surface area contributed by atoms with E-state index in [0.29, 0.717) is 37.3 Å². The third-order valence-corrected chi connectivity index (χ3v) is 10.2. The molecule has 6 aromatic rings. The van der Waals surface area contributed by atoms with Crippen LogP contribution in [0, 0.1) is 0 Å². The van der Waals surface area contributed by atoms with Gasteiger partial charge in [0.1, 0.15) is 12.1 Å². The van der Waals surface area contributed by atoms with Crippen molar-refractivity contribution in [1.82, 2.24) is 19.8 Å². The minimum absolute atomic E-state index is 0.0334. The number of nitrogens with zero attached hydrogens (tertiary/aromatic N) is 2. The van der Waals surface area contributed by atoms with Gasteiger partial charge in [-0.2, -0.15) is 0 Å². The second-order valence-corrected chi connectivity index (χ2v) is 13.8. The molecule has 4 amide bonds. The molecule has 0 saturated carbocycles. The van der Waals surface area contributed by atoms with Gasteiger partial charge in [-0.15, -0.1) is 0 Å². The van der Waals surface area contributed by atoms with Crippen molar-refractivity contribution in [2.75, 3.05) is 23.7 Å². The highest BCUT2D eigenvalue weighted by Gasteiger charge is 2.35. The zero-order valence-corrected chi connectivity index (χ0v) is 28.7. The molecule has 2 saturated heterocycles. The molecule has 4 N–H and O–H groups in total. The number of hydrogen-bond acceptors (Lipinski definition) is 4. The number of likely N-dealkylation sites (tertiary alicyclic amines) is 2. The highest BCUT2D eigenvalue weighted by molar-refractivity contribution is 6.01. The number of aromatic nitrogens is 2. The van der Waals surface area contributed by atoms with Crippen molar-refractivity contribution >= 4 is 56.8 Å². The quantitative estimate of drug-likeness (QED) is 0.135. The largest absolute Gasteiger partial charge is 0.353 e. The summed E-state index contributed by atoms with van der Waals surface area (Å²) in [4.78, 5) is 63.2. The van der Waals surface area contributed by atoms with Gasteiger partial charge in [0.15, 0.2) is 0 Å². The van der Waals surface area contributed by atoms with Crippen LogP contribution >= 0.6 is 0 Å². The normalized spacial score (nSPS) is 17.2. The van der Waals surface area contributed by atoms with Gasteiger partial charge in [0.2, 0.25) is 23.6 Å². The molecule has 2 aliphatic heterocycles. The second-order valence-electron chi connectivity index (χ2n) is 13.8. The number of H-pyrrole nitrogens is 2. The highest BCUT2D eigenvalue weighted by atomic mass is 16.2. The van der Waals surface area contributed by atoms with Crippen molar-refractivity contribution in [3.8, 4) is 11.4 Å². The van der Waals surface area contributed by atoms with E-state index in [1.807, 2.05) is 109 Å². The van der Waals surface area contributed by atoms with E-state index in [-0.39, 0.29) is 36.5 Å². The number of hydrogen-bond donors (Lipinski definition) is 4. The van der Waals surface area contributed by atoms with E-state index < -0.39 is 12.1 Å². The van der Waals surface area contributed by atoms with E-state index in [4.69, 9.17) is 0 Å². The van der Waals surface area contributed by atoms with Crippen molar-refractivity contribution in [2.24, 2.45) is 0 Å². The maximum absolute atomic E-state index is 13.4. The zero-order valence-electron chi connectivity index (χ0n) is 28.7. The van der Waals surface area contributed by atoms with E-state index in [1.165, 1.54) is 0 Å². The Bertz CT molecular complexity index is 2120. The third kappa shape index (κ3) is 6.92. The van der Waals surface area contributed by atoms with Crippen LogP contribution in [0.2, 0.25) is 0 Å². The molecule has 4 aromatic carbocycles. The maximum Gasteiger partial charge on any atom is 0.247 e. The molecule has 2 aromatic heterocycles.